The van der Waals surface area contributed by atoms with Gasteiger partial charge in [-0.05, 0) is 102 Å². The van der Waals surface area contributed by atoms with Crippen molar-refractivity contribution in [1.82, 2.24) is 0 Å². The minimum atomic E-state index is -1.46. The van der Waals surface area contributed by atoms with Gasteiger partial charge in [0.15, 0.2) is 6.17 Å². The molecule has 0 saturated heterocycles. The van der Waals surface area contributed by atoms with Crippen molar-refractivity contribution >= 4 is 21.9 Å². The maximum absolute atomic E-state index is 13.9. The average molecular weight is 590 g/mol. The van der Waals surface area contributed by atoms with Gasteiger partial charge < -0.3 is 9.47 Å². The zero-order chi connectivity index (χ0) is 27.2. The number of benzene rings is 2. The number of carbonyl (C=O) groups excluding carboxylic acids is 1. The monoisotopic (exact) mass is 588 g/mol. The second kappa shape index (κ2) is 16.9. The van der Waals surface area contributed by atoms with Gasteiger partial charge in [0, 0.05) is 0 Å². The third-order valence-electron chi connectivity index (χ3n) is 7.71. The molecule has 3 rings (SSSR count). The predicted octanol–water partition coefficient (Wildman–Crippen LogP) is 10.0. The molecule has 0 aromatic heterocycles. The molecule has 1 aliphatic rings. The van der Waals surface area contributed by atoms with Crippen molar-refractivity contribution in [2.45, 2.75) is 116 Å². The summed E-state index contributed by atoms with van der Waals surface area (Å²) in [6.45, 7) is 5.00. The minimum Gasteiger partial charge on any atom is -0.492 e. The third kappa shape index (κ3) is 10.4. The van der Waals surface area contributed by atoms with Crippen LogP contribution in [-0.2, 0) is 16.0 Å². The van der Waals surface area contributed by atoms with Gasteiger partial charge in [-0.25, -0.2) is 9.18 Å². The fourth-order valence-electron chi connectivity index (χ4n) is 5.20. The number of hydrogen-bond donors (Lipinski definition) is 0. The Hall–Kier alpha value is -1.88. The zero-order valence-corrected chi connectivity index (χ0v) is 24.9. The number of rotatable bonds is 16. The molecule has 5 heteroatoms. The van der Waals surface area contributed by atoms with Crippen LogP contribution in [0.3, 0.4) is 0 Å². The molecule has 0 radical (unpaired) electrons. The molecule has 2 aromatic rings. The Bertz CT molecular complexity index is 953. The molecule has 0 heterocycles. The first kappa shape index (κ1) is 30.7. The van der Waals surface area contributed by atoms with Gasteiger partial charge in [0.1, 0.15) is 11.9 Å². The summed E-state index contributed by atoms with van der Waals surface area (Å²) in [6.07, 6.45) is 12.5. The van der Waals surface area contributed by atoms with Gasteiger partial charge in [-0.1, -0.05) is 82.7 Å². The number of halogens is 2. The molecule has 3 nitrogen and oxygen atoms in total. The Labute approximate surface area is 238 Å². The molecule has 0 bridgehead atoms. The fourth-order valence-corrected chi connectivity index (χ4v) is 5.69. The molecular formula is C33H46BrFO3. The summed E-state index contributed by atoms with van der Waals surface area (Å²) in [5.41, 5.74) is 3.73. The lowest BCUT2D eigenvalue weighted by Gasteiger charge is -2.28. The van der Waals surface area contributed by atoms with Crippen LogP contribution in [0.1, 0.15) is 103 Å². The number of carbonyl (C=O) groups is 1. The smallest absolute Gasteiger partial charge is 0.340 e. The second-order valence-electron chi connectivity index (χ2n) is 10.8. The summed E-state index contributed by atoms with van der Waals surface area (Å²) in [6, 6.07) is 15.2. The van der Waals surface area contributed by atoms with Gasteiger partial charge >= 0.3 is 5.97 Å². The van der Waals surface area contributed by atoms with Crippen molar-refractivity contribution in [2.75, 3.05) is 6.61 Å². The summed E-state index contributed by atoms with van der Waals surface area (Å²) in [4.78, 5) is 12.0. The van der Waals surface area contributed by atoms with E-state index >= 15 is 0 Å². The Balaban J connectivity index is 1.39. The van der Waals surface area contributed by atoms with E-state index in [2.05, 4.69) is 65.3 Å². The van der Waals surface area contributed by atoms with Crippen molar-refractivity contribution in [3.8, 4) is 16.9 Å². The molecule has 0 aliphatic heterocycles. The fraction of sp³-hybridized carbons (Fsp3) is 0.606. The lowest BCUT2D eigenvalue weighted by atomic mass is 9.83. The number of esters is 1. The Morgan fingerprint density at radius 2 is 1.61 bits per heavy atom. The topological polar surface area (TPSA) is 35.5 Å². The van der Waals surface area contributed by atoms with Gasteiger partial charge in [0.05, 0.1) is 11.1 Å². The number of ether oxygens (including phenoxy) is 2. The summed E-state index contributed by atoms with van der Waals surface area (Å²) in [5, 5.41) is 0. The maximum atomic E-state index is 13.9. The van der Waals surface area contributed by atoms with E-state index in [1.54, 1.807) is 0 Å². The molecule has 38 heavy (non-hydrogen) atoms. The molecule has 1 atom stereocenters. The lowest BCUT2D eigenvalue weighted by Crippen LogP contribution is -2.29. The normalized spacial score (nSPS) is 18.2. The Morgan fingerprint density at radius 3 is 2.29 bits per heavy atom. The number of aryl methyl sites for hydroxylation is 1. The van der Waals surface area contributed by atoms with Crippen LogP contribution < -0.4 is 4.74 Å². The number of unbranched alkanes of at least 4 members (excludes halogenated alkanes) is 5. The van der Waals surface area contributed by atoms with Crippen molar-refractivity contribution in [3.63, 3.8) is 0 Å². The van der Waals surface area contributed by atoms with Gasteiger partial charge in [-0.3, -0.25) is 0 Å². The highest BCUT2D eigenvalue weighted by Crippen LogP contribution is 2.32. The quantitative estimate of drug-likeness (QED) is 0.144. The number of hydrogen-bond acceptors (Lipinski definition) is 3. The van der Waals surface area contributed by atoms with E-state index < -0.39 is 12.1 Å². The number of alkyl halides is 1. The van der Waals surface area contributed by atoms with E-state index in [1.165, 1.54) is 42.4 Å². The standard InChI is InChI=1S/C33H46BrFO3/c1-3-5-7-8-9-23-37-32-22-19-28(24-30(32)34)27-17-13-25(14-18-27)11-12-26-15-20-29(21-16-26)38-33(36)31(35)10-6-4-2/h13-14,17-19,22,24,26,29,31H,3-12,15-16,20-21,23H2,1-2H3/t26?,29?,31-/m0/s1. The third-order valence-corrected chi connectivity index (χ3v) is 8.33. The van der Waals surface area contributed by atoms with Crippen molar-refractivity contribution in [1.29, 1.82) is 0 Å². The first-order valence-corrected chi connectivity index (χ1v) is 15.7. The van der Waals surface area contributed by atoms with E-state index in [9.17, 15) is 9.18 Å². The molecule has 210 valence electrons. The molecule has 0 amide bonds. The van der Waals surface area contributed by atoms with Crippen molar-refractivity contribution < 1.29 is 18.7 Å². The van der Waals surface area contributed by atoms with E-state index in [0.717, 1.165) is 74.6 Å². The van der Waals surface area contributed by atoms with Crippen LogP contribution in [0.25, 0.3) is 11.1 Å². The molecular weight excluding hydrogens is 543 g/mol. The van der Waals surface area contributed by atoms with Crippen LogP contribution in [0.5, 0.6) is 5.75 Å². The first-order valence-electron chi connectivity index (χ1n) is 14.9. The minimum absolute atomic E-state index is 0.111. The molecule has 2 aromatic carbocycles. The molecule has 0 spiro atoms. The Morgan fingerprint density at radius 1 is 0.921 bits per heavy atom. The SMILES string of the molecule is CCCCCCCOc1ccc(-c2ccc(CCC3CCC(OC(=O)[C@@H](F)CCCC)CC3)cc2)cc1Br. The van der Waals surface area contributed by atoms with Crippen LogP contribution >= 0.6 is 15.9 Å². The highest BCUT2D eigenvalue weighted by molar-refractivity contribution is 9.10. The largest absolute Gasteiger partial charge is 0.492 e. The second-order valence-corrected chi connectivity index (χ2v) is 11.7. The van der Waals surface area contributed by atoms with E-state index in [-0.39, 0.29) is 12.5 Å². The first-order chi connectivity index (χ1) is 18.5. The summed E-state index contributed by atoms with van der Waals surface area (Å²) < 4.78 is 26.3. The van der Waals surface area contributed by atoms with Gasteiger partial charge in [-0.15, -0.1) is 0 Å². The van der Waals surface area contributed by atoms with Crippen LogP contribution in [0, 0.1) is 5.92 Å². The summed E-state index contributed by atoms with van der Waals surface area (Å²) in [5.74, 6) is 0.890. The Kier molecular flexibility index (Phi) is 13.7. The van der Waals surface area contributed by atoms with E-state index in [4.69, 9.17) is 9.47 Å². The van der Waals surface area contributed by atoms with Gasteiger partial charge in [0.25, 0.3) is 0 Å². The summed E-state index contributed by atoms with van der Waals surface area (Å²) >= 11 is 3.68. The van der Waals surface area contributed by atoms with E-state index in [1.807, 2.05) is 6.92 Å². The molecule has 0 unspecified atom stereocenters. The van der Waals surface area contributed by atoms with E-state index in [0.29, 0.717) is 5.92 Å². The van der Waals surface area contributed by atoms with Crippen LogP contribution in [-0.4, -0.2) is 24.9 Å². The molecule has 0 N–H and O–H groups in total. The predicted molar refractivity (Wildman–Crippen MR) is 158 cm³/mol. The van der Waals surface area contributed by atoms with Crippen molar-refractivity contribution in [2.24, 2.45) is 5.92 Å². The van der Waals surface area contributed by atoms with Crippen LogP contribution in [0.4, 0.5) is 4.39 Å². The van der Waals surface area contributed by atoms with Gasteiger partial charge in [0.2, 0.25) is 0 Å². The average Bonchev–Trinajstić information content (AvgIpc) is 2.94. The zero-order valence-electron chi connectivity index (χ0n) is 23.4. The molecule has 1 aliphatic carbocycles. The molecule has 1 fully saturated rings. The van der Waals surface area contributed by atoms with Gasteiger partial charge in [-0.2, -0.15) is 0 Å². The van der Waals surface area contributed by atoms with Crippen LogP contribution in [0.15, 0.2) is 46.9 Å². The maximum Gasteiger partial charge on any atom is 0.340 e. The summed E-state index contributed by atoms with van der Waals surface area (Å²) in [7, 11) is 0. The molecule has 1 saturated carbocycles. The van der Waals surface area contributed by atoms with Crippen molar-refractivity contribution in [3.05, 3.63) is 52.5 Å². The highest BCUT2D eigenvalue weighted by Gasteiger charge is 2.27. The highest BCUT2D eigenvalue weighted by atomic mass is 79.9. The lowest BCUT2D eigenvalue weighted by molar-refractivity contribution is -0.157. The van der Waals surface area contributed by atoms with Crippen LogP contribution in [0.2, 0.25) is 0 Å².